The minimum absolute atomic E-state index is 0.0241. The molecule has 7 heteroatoms. The van der Waals surface area contributed by atoms with Gasteiger partial charge >= 0.3 is 0 Å². The van der Waals surface area contributed by atoms with Crippen molar-refractivity contribution in [3.05, 3.63) is 21.9 Å². The summed E-state index contributed by atoms with van der Waals surface area (Å²) < 4.78 is 0. The first-order valence-corrected chi connectivity index (χ1v) is 4.51. The van der Waals surface area contributed by atoms with Crippen molar-refractivity contribution >= 4 is 29.1 Å². The standard InChI is InChI=1S/C7H7Cl2N3O2/c1-2-12(14)7(13)4-3-5(8)10-11-6(4)9/h3,14H,2H2,1H3. The molecule has 1 heterocycles. The van der Waals surface area contributed by atoms with Crippen molar-refractivity contribution in [3.8, 4) is 0 Å². The molecule has 1 amide bonds. The molecule has 0 saturated heterocycles. The average molecular weight is 236 g/mol. The number of hydrogen-bond donors (Lipinski definition) is 1. The highest BCUT2D eigenvalue weighted by Gasteiger charge is 2.17. The summed E-state index contributed by atoms with van der Waals surface area (Å²) in [4.78, 5) is 11.4. The highest BCUT2D eigenvalue weighted by atomic mass is 35.5. The van der Waals surface area contributed by atoms with Gasteiger partial charge in [0.1, 0.15) is 0 Å². The van der Waals surface area contributed by atoms with Gasteiger partial charge in [-0.05, 0) is 13.0 Å². The molecule has 0 fully saturated rings. The van der Waals surface area contributed by atoms with Crippen LogP contribution in [-0.4, -0.2) is 32.9 Å². The van der Waals surface area contributed by atoms with Gasteiger partial charge in [0, 0.05) is 6.54 Å². The van der Waals surface area contributed by atoms with Gasteiger partial charge in [-0.15, -0.1) is 10.2 Å². The Hall–Kier alpha value is -0.910. The van der Waals surface area contributed by atoms with Crippen LogP contribution in [-0.2, 0) is 0 Å². The second-order valence-corrected chi connectivity index (χ2v) is 3.14. The number of rotatable bonds is 2. The Balaban J connectivity index is 3.06. The summed E-state index contributed by atoms with van der Waals surface area (Å²) in [5.41, 5.74) is 0.0241. The molecule has 1 rings (SSSR count). The predicted molar refractivity (Wildman–Crippen MR) is 50.5 cm³/mol. The van der Waals surface area contributed by atoms with Crippen LogP contribution in [0, 0.1) is 0 Å². The van der Waals surface area contributed by atoms with Gasteiger partial charge in [0.15, 0.2) is 10.3 Å². The average Bonchev–Trinajstić information content (AvgIpc) is 2.19. The third-order valence-electron chi connectivity index (χ3n) is 1.48. The minimum Gasteiger partial charge on any atom is -0.286 e. The molecular formula is C7H7Cl2N3O2. The molecule has 0 aliphatic rings. The number of halogens is 2. The van der Waals surface area contributed by atoms with Gasteiger partial charge in [-0.25, -0.2) is 5.06 Å². The molecule has 1 aromatic heterocycles. The van der Waals surface area contributed by atoms with Crippen LogP contribution in [0.3, 0.4) is 0 Å². The van der Waals surface area contributed by atoms with Crippen molar-refractivity contribution in [2.24, 2.45) is 0 Å². The minimum atomic E-state index is -0.658. The summed E-state index contributed by atoms with van der Waals surface area (Å²) in [7, 11) is 0. The molecule has 1 aromatic rings. The van der Waals surface area contributed by atoms with Gasteiger partial charge in [0.05, 0.1) is 5.56 Å². The van der Waals surface area contributed by atoms with Gasteiger partial charge in [-0.2, -0.15) is 0 Å². The van der Waals surface area contributed by atoms with Crippen molar-refractivity contribution in [2.75, 3.05) is 6.54 Å². The zero-order valence-corrected chi connectivity index (χ0v) is 8.75. The first kappa shape index (κ1) is 11.2. The van der Waals surface area contributed by atoms with Gasteiger partial charge in [-0.3, -0.25) is 10.0 Å². The van der Waals surface area contributed by atoms with E-state index >= 15 is 0 Å². The summed E-state index contributed by atoms with van der Waals surface area (Å²) in [5, 5.41) is 16.5. The molecule has 5 nitrogen and oxygen atoms in total. The second kappa shape index (κ2) is 4.54. The molecule has 0 bridgehead atoms. The van der Waals surface area contributed by atoms with Crippen LogP contribution >= 0.6 is 23.2 Å². The molecule has 0 unspecified atom stereocenters. The molecular weight excluding hydrogens is 229 g/mol. The lowest BCUT2D eigenvalue weighted by molar-refractivity contribution is -0.0541. The van der Waals surface area contributed by atoms with E-state index < -0.39 is 5.91 Å². The van der Waals surface area contributed by atoms with E-state index in [1.54, 1.807) is 6.92 Å². The lowest BCUT2D eigenvalue weighted by Crippen LogP contribution is -2.27. The van der Waals surface area contributed by atoms with Crippen molar-refractivity contribution in [2.45, 2.75) is 6.92 Å². The first-order chi connectivity index (χ1) is 6.56. The summed E-state index contributed by atoms with van der Waals surface area (Å²) in [6.45, 7) is 1.76. The highest BCUT2D eigenvalue weighted by Crippen LogP contribution is 2.16. The van der Waals surface area contributed by atoms with E-state index in [0.717, 1.165) is 0 Å². The molecule has 0 atom stereocenters. The van der Waals surface area contributed by atoms with Crippen molar-refractivity contribution in [3.63, 3.8) is 0 Å². The van der Waals surface area contributed by atoms with Crippen LogP contribution in [0.5, 0.6) is 0 Å². The Bertz CT molecular complexity index is 359. The number of nitrogens with zero attached hydrogens (tertiary/aromatic N) is 3. The van der Waals surface area contributed by atoms with E-state index in [1.807, 2.05) is 0 Å². The van der Waals surface area contributed by atoms with Crippen molar-refractivity contribution in [1.82, 2.24) is 15.3 Å². The summed E-state index contributed by atoms with van der Waals surface area (Å²) in [5.74, 6) is -0.658. The van der Waals surface area contributed by atoms with E-state index in [4.69, 9.17) is 28.4 Å². The summed E-state index contributed by atoms with van der Waals surface area (Å²) in [6.07, 6.45) is 0. The largest absolute Gasteiger partial charge is 0.286 e. The van der Waals surface area contributed by atoms with Gasteiger partial charge in [0.2, 0.25) is 0 Å². The fourth-order valence-corrected chi connectivity index (χ4v) is 1.11. The van der Waals surface area contributed by atoms with E-state index in [-0.39, 0.29) is 22.4 Å². The third-order valence-corrected chi connectivity index (χ3v) is 1.95. The maximum Gasteiger partial charge on any atom is 0.280 e. The maximum absolute atomic E-state index is 11.4. The number of amides is 1. The van der Waals surface area contributed by atoms with Crippen LogP contribution in [0.25, 0.3) is 0 Å². The molecule has 0 radical (unpaired) electrons. The molecule has 0 saturated carbocycles. The normalized spacial score (nSPS) is 10.0. The lowest BCUT2D eigenvalue weighted by atomic mass is 10.3. The number of aromatic nitrogens is 2. The highest BCUT2D eigenvalue weighted by molar-refractivity contribution is 6.34. The number of hydroxylamine groups is 2. The van der Waals surface area contributed by atoms with E-state index in [0.29, 0.717) is 5.06 Å². The molecule has 14 heavy (non-hydrogen) atoms. The zero-order valence-electron chi connectivity index (χ0n) is 7.24. The lowest BCUT2D eigenvalue weighted by Gasteiger charge is -2.12. The van der Waals surface area contributed by atoms with Crippen molar-refractivity contribution in [1.29, 1.82) is 0 Å². The van der Waals surface area contributed by atoms with Crippen LogP contribution in [0.1, 0.15) is 17.3 Å². The van der Waals surface area contributed by atoms with E-state index in [9.17, 15) is 4.79 Å². The Morgan fingerprint density at radius 3 is 2.79 bits per heavy atom. The van der Waals surface area contributed by atoms with Gasteiger partial charge < -0.3 is 0 Å². The van der Waals surface area contributed by atoms with Crippen LogP contribution in [0.15, 0.2) is 6.07 Å². The summed E-state index contributed by atoms with van der Waals surface area (Å²) in [6, 6.07) is 1.25. The topological polar surface area (TPSA) is 66.3 Å². The summed E-state index contributed by atoms with van der Waals surface area (Å²) >= 11 is 11.1. The van der Waals surface area contributed by atoms with Crippen molar-refractivity contribution < 1.29 is 10.0 Å². The van der Waals surface area contributed by atoms with E-state index in [2.05, 4.69) is 10.2 Å². The first-order valence-electron chi connectivity index (χ1n) is 3.75. The molecule has 0 aliphatic heterocycles. The van der Waals surface area contributed by atoms with Crippen LogP contribution < -0.4 is 0 Å². The fourth-order valence-electron chi connectivity index (χ4n) is 0.786. The van der Waals surface area contributed by atoms with E-state index in [1.165, 1.54) is 6.07 Å². The van der Waals surface area contributed by atoms with Crippen LogP contribution in [0.4, 0.5) is 0 Å². The quantitative estimate of drug-likeness (QED) is 0.626. The Morgan fingerprint density at radius 1 is 1.57 bits per heavy atom. The zero-order chi connectivity index (χ0) is 10.7. The molecule has 0 aromatic carbocycles. The predicted octanol–water partition coefficient (Wildman–Crippen LogP) is 1.63. The second-order valence-electron chi connectivity index (χ2n) is 2.39. The maximum atomic E-state index is 11.4. The fraction of sp³-hybridized carbons (Fsp3) is 0.286. The Labute approximate surface area is 90.2 Å². The molecule has 76 valence electrons. The Kier molecular flexibility index (Phi) is 3.62. The third kappa shape index (κ3) is 2.31. The number of hydrogen-bond acceptors (Lipinski definition) is 4. The smallest absolute Gasteiger partial charge is 0.280 e. The molecule has 0 aliphatic carbocycles. The molecule has 0 spiro atoms. The van der Waals surface area contributed by atoms with Crippen LogP contribution in [0.2, 0.25) is 10.3 Å². The SMILES string of the molecule is CCN(O)C(=O)c1cc(Cl)nnc1Cl. The monoisotopic (exact) mass is 235 g/mol. The number of carbonyl (C=O) groups excluding carboxylic acids is 1. The van der Waals surface area contributed by atoms with Gasteiger partial charge in [-0.1, -0.05) is 23.2 Å². The van der Waals surface area contributed by atoms with Gasteiger partial charge in [0.25, 0.3) is 5.91 Å². The number of carbonyl (C=O) groups is 1. The Morgan fingerprint density at radius 2 is 2.21 bits per heavy atom. The molecule has 1 N–H and O–H groups in total.